The Balaban J connectivity index is 2.12. The first-order valence-corrected chi connectivity index (χ1v) is 6.24. The van der Waals surface area contributed by atoms with Crippen LogP contribution >= 0.6 is 0 Å². The van der Waals surface area contributed by atoms with Crippen molar-refractivity contribution in [2.45, 2.75) is 32.6 Å². The molecule has 0 amide bonds. The summed E-state index contributed by atoms with van der Waals surface area (Å²) < 4.78 is 0. The molecular formula is C13H19N3O2. The van der Waals surface area contributed by atoms with E-state index in [2.05, 4.69) is 30.7 Å². The topological polar surface area (TPSA) is 66.3 Å². The van der Waals surface area contributed by atoms with Gasteiger partial charge in [-0.25, -0.2) is 9.97 Å². The number of aliphatic carboxylic acids is 1. The Kier molecular flexibility index (Phi) is 3.24. The van der Waals surface area contributed by atoms with Gasteiger partial charge in [0.15, 0.2) is 0 Å². The first-order valence-electron chi connectivity index (χ1n) is 6.24. The number of carboxylic acid groups (broad SMARTS) is 1. The predicted octanol–water partition coefficient (Wildman–Crippen LogP) is 1.69. The first-order chi connectivity index (χ1) is 8.44. The molecule has 1 aromatic rings. The Morgan fingerprint density at radius 3 is 2.72 bits per heavy atom. The van der Waals surface area contributed by atoms with Crippen LogP contribution in [-0.2, 0) is 10.2 Å². The van der Waals surface area contributed by atoms with Gasteiger partial charge in [0.1, 0.15) is 12.1 Å². The number of carboxylic acids is 1. The average Bonchev–Trinajstić information content (AvgIpc) is 2.27. The average molecular weight is 249 g/mol. The van der Waals surface area contributed by atoms with Crippen LogP contribution in [0, 0.1) is 5.92 Å². The van der Waals surface area contributed by atoms with Gasteiger partial charge < -0.3 is 10.0 Å². The Morgan fingerprint density at radius 2 is 2.17 bits per heavy atom. The minimum atomic E-state index is -0.727. The summed E-state index contributed by atoms with van der Waals surface area (Å²) in [5, 5.41) is 8.86. The molecule has 0 radical (unpaired) electrons. The summed E-state index contributed by atoms with van der Waals surface area (Å²) in [6, 6.07) is 1.97. The van der Waals surface area contributed by atoms with E-state index in [9.17, 15) is 4.79 Å². The van der Waals surface area contributed by atoms with Gasteiger partial charge in [-0.15, -0.1) is 0 Å². The van der Waals surface area contributed by atoms with Crippen molar-refractivity contribution in [2.24, 2.45) is 5.92 Å². The minimum Gasteiger partial charge on any atom is -0.481 e. The molecule has 1 N–H and O–H groups in total. The van der Waals surface area contributed by atoms with Crippen molar-refractivity contribution in [1.82, 2.24) is 9.97 Å². The fourth-order valence-corrected chi connectivity index (χ4v) is 1.89. The zero-order valence-electron chi connectivity index (χ0n) is 11.1. The van der Waals surface area contributed by atoms with Crippen molar-refractivity contribution >= 4 is 11.8 Å². The third kappa shape index (κ3) is 2.30. The van der Waals surface area contributed by atoms with Crippen LogP contribution in [-0.4, -0.2) is 34.1 Å². The largest absolute Gasteiger partial charge is 0.481 e. The zero-order chi connectivity index (χ0) is 13.3. The summed E-state index contributed by atoms with van der Waals surface area (Å²) >= 11 is 0. The van der Waals surface area contributed by atoms with Gasteiger partial charge in [-0.3, -0.25) is 4.79 Å². The van der Waals surface area contributed by atoms with Crippen molar-refractivity contribution < 1.29 is 9.90 Å². The molecule has 2 heterocycles. The zero-order valence-corrected chi connectivity index (χ0v) is 11.1. The molecule has 0 atom stereocenters. The van der Waals surface area contributed by atoms with Crippen LogP contribution in [0.2, 0.25) is 0 Å². The third-order valence-electron chi connectivity index (χ3n) is 3.78. The third-order valence-corrected chi connectivity index (χ3v) is 3.78. The predicted molar refractivity (Wildman–Crippen MR) is 68.7 cm³/mol. The lowest BCUT2D eigenvalue weighted by molar-refractivity contribution is -0.142. The molecule has 0 aliphatic carbocycles. The second kappa shape index (κ2) is 4.55. The second-order valence-corrected chi connectivity index (χ2v) is 5.44. The van der Waals surface area contributed by atoms with E-state index in [1.807, 2.05) is 11.0 Å². The SMILES string of the molecule is CCC(C)(C)c1cc(N2CC(C(=O)O)C2)ncn1. The summed E-state index contributed by atoms with van der Waals surface area (Å²) in [5.41, 5.74) is 1.03. The monoisotopic (exact) mass is 249 g/mol. The quantitative estimate of drug-likeness (QED) is 0.879. The van der Waals surface area contributed by atoms with E-state index < -0.39 is 5.97 Å². The number of hydrogen-bond acceptors (Lipinski definition) is 4. The van der Waals surface area contributed by atoms with Gasteiger partial charge in [0, 0.05) is 24.6 Å². The maximum atomic E-state index is 10.8. The van der Waals surface area contributed by atoms with E-state index in [1.165, 1.54) is 0 Å². The summed E-state index contributed by atoms with van der Waals surface area (Å²) in [5.74, 6) is -0.156. The number of aromatic nitrogens is 2. The van der Waals surface area contributed by atoms with Crippen molar-refractivity contribution in [3.63, 3.8) is 0 Å². The van der Waals surface area contributed by atoms with Crippen LogP contribution in [0.1, 0.15) is 32.9 Å². The van der Waals surface area contributed by atoms with E-state index in [0.717, 1.165) is 17.9 Å². The molecule has 18 heavy (non-hydrogen) atoms. The van der Waals surface area contributed by atoms with Crippen LogP contribution in [0.25, 0.3) is 0 Å². The van der Waals surface area contributed by atoms with Crippen LogP contribution in [0.5, 0.6) is 0 Å². The minimum absolute atomic E-state index is 0.0226. The molecule has 0 spiro atoms. The fraction of sp³-hybridized carbons (Fsp3) is 0.615. The Morgan fingerprint density at radius 1 is 1.50 bits per heavy atom. The van der Waals surface area contributed by atoms with Crippen molar-refractivity contribution in [2.75, 3.05) is 18.0 Å². The molecule has 0 saturated carbocycles. The molecule has 1 fully saturated rings. The smallest absolute Gasteiger partial charge is 0.310 e. The number of nitrogens with zero attached hydrogens (tertiary/aromatic N) is 3. The molecule has 1 aliphatic heterocycles. The van der Waals surface area contributed by atoms with E-state index in [-0.39, 0.29) is 11.3 Å². The van der Waals surface area contributed by atoms with Gasteiger partial charge >= 0.3 is 5.97 Å². The van der Waals surface area contributed by atoms with Crippen molar-refractivity contribution in [3.05, 3.63) is 18.1 Å². The van der Waals surface area contributed by atoms with Crippen LogP contribution in [0.3, 0.4) is 0 Å². The molecule has 0 unspecified atom stereocenters. The lowest BCUT2D eigenvalue weighted by Gasteiger charge is -2.38. The number of carbonyl (C=O) groups is 1. The summed E-state index contributed by atoms with van der Waals surface area (Å²) in [4.78, 5) is 21.3. The molecule has 2 rings (SSSR count). The van der Waals surface area contributed by atoms with Gasteiger partial charge in [0.05, 0.1) is 11.6 Å². The normalized spacial score (nSPS) is 16.5. The highest BCUT2D eigenvalue weighted by Gasteiger charge is 2.34. The Bertz CT molecular complexity index is 453. The highest BCUT2D eigenvalue weighted by molar-refractivity contribution is 5.74. The maximum absolute atomic E-state index is 10.8. The lowest BCUT2D eigenvalue weighted by Crippen LogP contribution is -2.50. The molecule has 1 aromatic heterocycles. The molecule has 0 bridgehead atoms. The van der Waals surface area contributed by atoms with Gasteiger partial charge in [-0.1, -0.05) is 20.8 Å². The highest BCUT2D eigenvalue weighted by atomic mass is 16.4. The summed E-state index contributed by atoms with van der Waals surface area (Å²) in [6.07, 6.45) is 2.57. The molecule has 98 valence electrons. The van der Waals surface area contributed by atoms with E-state index in [4.69, 9.17) is 5.11 Å². The van der Waals surface area contributed by atoms with Crippen LogP contribution in [0.15, 0.2) is 12.4 Å². The maximum Gasteiger partial charge on any atom is 0.310 e. The molecule has 1 aliphatic rings. The Labute approximate surface area is 107 Å². The van der Waals surface area contributed by atoms with Crippen LogP contribution < -0.4 is 4.90 Å². The van der Waals surface area contributed by atoms with Gasteiger partial charge in [0.25, 0.3) is 0 Å². The summed E-state index contributed by atoms with van der Waals surface area (Å²) in [6.45, 7) is 7.51. The van der Waals surface area contributed by atoms with Crippen molar-refractivity contribution in [1.29, 1.82) is 0 Å². The van der Waals surface area contributed by atoms with Gasteiger partial charge in [0.2, 0.25) is 0 Å². The highest BCUT2D eigenvalue weighted by Crippen LogP contribution is 2.29. The number of rotatable bonds is 4. The molecular weight excluding hydrogens is 230 g/mol. The summed E-state index contributed by atoms with van der Waals surface area (Å²) in [7, 11) is 0. The van der Waals surface area contributed by atoms with Crippen LogP contribution in [0.4, 0.5) is 5.82 Å². The Hall–Kier alpha value is -1.65. The molecule has 0 aromatic carbocycles. The number of anilines is 1. The van der Waals surface area contributed by atoms with E-state index in [1.54, 1.807) is 6.33 Å². The second-order valence-electron chi connectivity index (χ2n) is 5.44. The lowest BCUT2D eigenvalue weighted by atomic mass is 9.86. The standard InChI is InChI=1S/C13H19N3O2/c1-4-13(2,3)10-5-11(15-8-14-10)16-6-9(7-16)12(17)18/h5,8-9H,4,6-7H2,1-3H3,(H,17,18). The molecule has 5 heteroatoms. The van der Waals surface area contributed by atoms with Gasteiger partial charge in [-0.2, -0.15) is 0 Å². The number of hydrogen-bond donors (Lipinski definition) is 1. The van der Waals surface area contributed by atoms with E-state index >= 15 is 0 Å². The molecule has 1 saturated heterocycles. The fourth-order valence-electron chi connectivity index (χ4n) is 1.89. The van der Waals surface area contributed by atoms with Gasteiger partial charge in [-0.05, 0) is 6.42 Å². The first kappa shape index (κ1) is 12.8. The molecule has 5 nitrogen and oxygen atoms in total. The van der Waals surface area contributed by atoms with E-state index in [0.29, 0.717) is 13.1 Å². The van der Waals surface area contributed by atoms with Crippen molar-refractivity contribution in [3.8, 4) is 0 Å².